The molecule has 0 spiro atoms. The molecule has 2 aromatic heterocycles. The number of carbonyl (C=O) groups is 1. The van der Waals surface area contributed by atoms with E-state index in [2.05, 4.69) is 73.8 Å². The first-order chi connectivity index (χ1) is 18.7. The zero-order valence-corrected chi connectivity index (χ0v) is 24.6. The van der Waals surface area contributed by atoms with Gasteiger partial charge in [-0.25, -0.2) is 9.97 Å². The first-order valence-electron chi connectivity index (χ1n) is 14.0. The number of fused-ring (bicyclic) bond motifs is 1. The Morgan fingerprint density at radius 3 is 2.28 bits per heavy atom. The van der Waals surface area contributed by atoms with Crippen LogP contribution < -0.4 is 4.90 Å². The predicted molar refractivity (Wildman–Crippen MR) is 162 cm³/mol. The lowest BCUT2D eigenvalue weighted by atomic mass is 10.0. The lowest BCUT2D eigenvalue weighted by Crippen LogP contribution is -2.36. The van der Waals surface area contributed by atoms with Crippen LogP contribution in [0.5, 0.6) is 0 Å². The van der Waals surface area contributed by atoms with Gasteiger partial charge in [-0.15, -0.1) is 0 Å². The molecule has 0 radical (unpaired) electrons. The fourth-order valence-electron chi connectivity index (χ4n) is 4.02. The van der Waals surface area contributed by atoms with Crippen LogP contribution in [0.4, 0.5) is 5.69 Å². The van der Waals surface area contributed by atoms with Gasteiger partial charge in [0.15, 0.2) is 11.4 Å². The Balaban J connectivity index is 0.000000188. The molecule has 0 unspecified atom stereocenters. The molecule has 1 saturated heterocycles. The van der Waals surface area contributed by atoms with Crippen LogP contribution in [-0.2, 0) is 4.74 Å². The summed E-state index contributed by atoms with van der Waals surface area (Å²) in [5.74, 6) is 1.56. The summed E-state index contributed by atoms with van der Waals surface area (Å²) in [7, 11) is 0. The van der Waals surface area contributed by atoms with Crippen LogP contribution in [0.15, 0.2) is 67.1 Å². The van der Waals surface area contributed by atoms with Gasteiger partial charge in [0.25, 0.3) is 0 Å². The van der Waals surface area contributed by atoms with Crippen molar-refractivity contribution in [1.82, 2.24) is 14.4 Å². The summed E-state index contributed by atoms with van der Waals surface area (Å²) in [4.78, 5) is 22.6. The second kappa shape index (κ2) is 14.6. The number of nitrogens with zero attached hydrogens (tertiary/aromatic N) is 4. The van der Waals surface area contributed by atoms with Crippen LogP contribution in [0.25, 0.3) is 16.9 Å². The minimum Gasteiger partial charge on any atom is -0.378 e. The standard InChI is InChI=1S/C15H13N3O.C13H19NO.C5H12/c1-10-15-16-6-7-18(15)9-14(17-10)13-5-3-4-12(8-13)11(2)19;1-11(2)12-3-5-13(6-4-12)14-7-9-15-10-8-14;1-4-5(2)3/h3-9H,1-2H3;3-6,11H,7-10H2,1-2H3;5H,4H2,1-3H3. The minimum absolute atomic E-state index is 0.0577. The molecular formula is C33H44N4O2. The SMILES string of the molecule is CC(=O)c1cccc(-c2cn3ccnc3c(C)n2)c1.CC(C)c1ccc(N2CCOCC2)cc1.CCC(C)C. The highest BCUT2D eigenvalue weighted by Gasteiger charge is 2.11. The second-order valence-electron chi connectivity index (χ2n) is 10.7. The Morgan fingerprint density at radius 1 is 1.03 bits per heavy atom. The van der Waals surface area contributed by atoms with E-state index in [-0.39, 0.29) is 5.78 Å². The summed E-state index contributed by atoms with van der Waals surface area (Å²) < 4.78 is 7.28. The molecule has 1 aliphatic heterocycles. The monoisotopic (exact) mass is 528 g/mol. The van der Waals surface area contributed by atoms with Crippen molar-refractivity contribution >= 4 is 17.1 Å². The predicted octanol–water partition coefficient (Wildman–Crippen LogP) is 7.61. The number of aryl methyl sites for hydroxylation is 1. The Hall–Kier alpha value is -3.51. The van der Waals surface area contributed by atoms with E-state index in [4.69, 9.17) is 4.74 Å². The van der Waals surface area contributed by atoms with Crippen LogP contribution in [-0.4, -0.2) is 46.5 Å². The number of hydrogen-bond donors (Lipinski definition) is 0. The van der Waals surface area contributed by atoms with E-state index in [1.807, 2.05) is 48.0 Å². The summed E-state index contributed by atoms with van der Waals surface area (Å²) in [6.07, 6.45) is 6.87. The van der Waals surface area contributed by atoms with Crippen LogP contribution in [0.2, 0.25) is 0 Å². The molecule has 3 heterocycles. The zero-order valence-electron chi connectivity index (χ0n) is 24.6. The smallest absolute Gasteiger partial charge is 0.159 e. The first kappa shape index (κ1) is 30.0. The number of carbonyl (C=O) groups excluding carboxylic acids is 1. The molecule has 0 atom stereocenters. The van der Waals surface area contributed by atoms with Crippen molar-refractivity contribution in [2.24, 2.45) is 5.92 Å². The Bertz CT molecular complexity index is 1320. The molecule has 2 aromatic carbocycles. The van der Waals surface area contributed by atoms with Gasteiger partial charge in [-0.2, -0.15) is 0 Å². The van der Waals surface area contributed by atoms with E-state index in [0.29, 0.717) is 11.5 Å². The molecular weight excluding hydrogens is 484 g/mol. The maximum atomic E-state index is 11.4. The Labute approximate surface area is 234 Å². The highest BCUT2D eigenvalue weighted by molar-refractivity contribution is 5.95. The topological polar surface area (TPSA) is 59.7 Å². The van der Waals surface area contributed by atoms with E-state index >= 15 is 0 Å². The van der Waals surface area contributed by atoms with Crippen LogP contribution in [0.1, 0.15) is 75.5 Å². The van der Waals surface area contributed by atoms with Crippen molar-refractivity contribution in [1.29, 1.82) is 0 Å². The largest absolute Gasteiger partial charge is 0.378 e. The van der Waals surface area contributed by atoms with E-state index in [1.54, 1.807) is 13.1 Å². The highest BCUT2D eigenvalue weighted by atomic mass is 16.5. The quantitative estimate of drug-likeness (QED) is 0.250. The lowest BCUT2D eigenvalue weighted by Gasteiger charge is -2.29. The normalized spacial score (nSPS) is 13.1. The summed E-state index contributed by atoms with van der Waals surface area (Å²) in [5, 5.41) is 0. The minimum atomic E-state index is 0.0577. The number of ether oxygens (including phenoxy) is 1. The number of rotatable bonds is 5. The first-order valence-corrected chi connectivity index (χ1v) is 14.0. The van der Waals surface area contributed by atoms with E-state index in [9.17, 15) is 4.79 Å². The van der Waals surface area contributed by atoms with Crippen molar-refractivity contribution in [2.75, 3.05) is 31.2 Å². The van der Waals surface area contributed by atoms with Gasteiger partial charge in [-0.1, -0.05) is 71.4 Å². The number of Topliss-reactive ketones (excluding diaryl/α,β-unsaturated/α-hetero) is 1. The van der Waals surface area contributed by atoms with Crippen molar-refractivity contribution in [3.63, 3.8) is 0 Å². The van der Waals surface area contributed by atoms with Crippen molar-refractivity contribution < 1.29 is 9.53 Å². The molecule has 0 amide bonds. The summed E-state index contributed by atoms with van der Waals surface area (Å²) >= 11 is 0. The van der Waals surface area contributed by atoms with Crippen LogP contribution in [0.3, 0.4) is 0 Å². The zero-order chi connectivity index (χ0) is 28.4. The second-order valence-corrected chi connectivity index (χ2v) is 10.7. The Morgan fingerprint density at radius 2 is 1.69 bits per heavy atom. The van der Waals surface area contributed by atoms with E-state index in [0.717, 1.165) is 54.8 Å². The molecule has 0 bridgehead atoms. The number of ketones is 1. The van der Waals surface area contributed by atoms with Gasteiger partial charge in [0.2, 0.25) is 0 Å². The molecule has 5 rings (SSSR count). The van der Waals surface area contributed by atoms with Crippen LogP contribution in [0, 0.1) is 12.8 Å². The van der Waals surface area contributed by atoms with Crippen molar-refractivity contribution in [3.05, 3.63) is 83.9 Å². The van der Waals surface area contributed by atoms with Gasteiger partial charge in [0.1, 0.15) is 0 Å². The molecule has 39 heavy (non-hydrogen) atoms. The fourth-order valence-corrected chi connectivity index (χ4v) is 4.02. The van der Waals surface area contributed by atoms with E-state index in [1.165, 1.54) is 17.7 Å². The molecule has 1 fully saturated rings. The Kier molecular flexibility index (Phi) is 11.2. The maximum absolute atomic E-state index is 11.4. The molecule has 1 aliphatic rings. The van der Waals surface area contributed by atoms with Crippen LogP contribution >= 0.6 is 0 Å². The maximum Gasteiger partial charge on any atom is 0.159 e. The highest BCUT2D eigenvalue weighted by Crippen LogP contribution is 2.21. The molecule has 0 N–H and O–H groups in total. The molecule has 208 valence electrons. The van der Waals surface area contributed by atoms with Gasteiger partial charge < -0.3 is 14.0 Å². The third-order valence-electron chi connectivity index (χ3n) is 6.86. The number of morpholine rings is 1. The van der Waals surface area contributed by atoms with Gasteiger partial charge in [0.05, 0.1) is 24.6 Å². The number of anilines is 1. The van der Waals surface area contributed by atoms with Gasteiger partial charge in [-0.3, -0.25) is 4.79 Å². The summed E-state index contributed by atoms with van der Waals surface area (Å²) in [5.41, 5.74) is 6.93. The average Bonchev–Trinajstić information content (AvgIpc) is 3.44. The number of imidazole rings is 1. The molecule has 6 nitrogen and oxygen atoms in total. The number of hydrogen-bond acceptors (Lipinski definition) is 5. The van der Waals surface area contributed by atoms with E-state index < -0.39 is 0 Å². The fraction of sp³-hybridized carbons (Fsp3) is 0.424. The molecule has 0 saturated carbocycles. The van der Waals surface area contributed by atoms with Gasteiger partial charge >= 0.3 is 0 Å². The third kappa shape index (κ3) is 8.75. The van der Waals surface area contributed by atoms with Gasteiger partial charge in [0, 0.05) is 48.5 Å². The number of aromatic nitrogens is 3. The summed E-state index contributed by atoms with van der Waals surface area (Å²) in [6, 6.07) is 16.4. The molecule has 0 aliphatic carbocycles. The lowest BCUT2D eigenvalue weighted by molar-refractivity contribution is 0.101. The number of benzene rings is 2. The third-order valence-corrected chi connectivity index (χ3v) is 6.86. The average molecular weight is 529 g/mol. The molecule has 6 heteroatoms. The van der Waals surface area contributed by atoms with Crippen molar-refractivity contribution in [2.45, 2.75) is 60.8 Å². The molecule has 4 aromatic rings. The van der Waals surface area contributed by atoms with Crippen molar-refractivity contribution in [3.8, 4) is 11.3 Å². The van der Waals surface area contributed by atoms with Gasteiger partial charge in [-0.05, 0) is 49.4 Å². The summed E-state index contributed by atoms with van der Waals surface area (Å²) in [6.45, 7) is 18.3.